The lowest BCUT2D eigenvalue weighted by Gasteiger charge is -2.33. The number of anilines is 1. The quantitative estimate of drug-likeness (QED) is 0.447. The van der Waals surface area contributed by atoms with Crippen LogP contribution in [0.25, 0.3) is 0 Å². The molecule has 9 heteroatoms. The third-order valence-corrected chi connectivity index (χ3v) is 6.65. The summed E-state index contributed by atoms with van der Waals surface area (Å²) >= 11 is 1.51. The Morgan fingerprint density at radius 3 is 2.27 bits per heavy atom. The molecule has 2 amide bonds. The summed E-state index contributed by atoms with van der Waals surface area (Å²) in [7, 11) is 0. The van der Waals surface area contributed by atoms with Crippen LogP contribution in [0.5, 0.6) is 0 Å². The van der Waals surface area contributed by atoms with Crippen LogP contribution in [0.3, 0.4) is 0 Å². The van der Waals surface area contributed by atoms with E-state index in [2.05, 4.69) is 45.6 Å². The topological polar surface area (TPSA) is 82.8 Å². The zero-order valence-electron chi connectivity index (χ0n) is 20.6. The minimum atomic E-state index is -0.135. The normalized spacial score (nSPS) is 14.5. The molecule has 0 atom stereocenters. The minimum absolute atomic E-state index is 0.0429. The van der Waals surface area contributed by atoms with Crippen molar-refractivity contribution in [2.45, 2.75) is 57.9 Å². The van der Waals surface area contributed by atoms with Crippen LogP contribution in [0.1, 0.15) is 63.6 Å². The molecule has 0 spiro atoms. The van der Waals surface area contributed by atoms with Crippen LogP contribution in [0.2, 0.25) is 0 Å². The second-order valence-corrected chi connectivity index (χ2v) is 10.1. The van der Waals surface area contributed by atoms with E-state index >= 15 is 0 Å². The molecule has 2 aromatic heterocycles. The lowest BCUT2D eigenvalue weighted by atomic mass is 9.92. The van der Waals surface area contributed by atoms with Gasteiger partial charge in [-0.25, -0.2) is 9.97 Å². The van der Waals surface area contributed by atoms with Gasteiger partial charge in [0.1, 0.15) is 11.6 Å². The number of aromatic nitrogens is 2. The number of hydrogen-bond acceptors (Lipinski definition) is 7. The van der Waals surface area contributed by atoms with Gasteiger partial charge in [0.25, 0.3) is 5.91 Å². The highest BCUT2D eigenvalue weighted by atomic mass is 32.2. The van der Waals surface area contributed by atoms with Gasteiger partial charge in [-0.15, -0.1) is 0 Å². The first kappa shape index (κ1) is 25.1. The van der Waals surface area contributed by atoms with Crippen LogP contribution in [0, 0.1) is 0 Å². The lowest BCUT2D eigenvalue weighted by molar-refractivity contribution is -0.130. The molecule has 0 aliphatic carbocycles. The second kappa shape index (κ2) is 10.6. The fraction of sp³-hybridized carbons (Fsp3) is 0.583. The first-order valence-electron chi connectivity index (χ1n) is 11.5. The summed E-state index contributed by atoms with van der Waals surface area (Å²) in [6.07, 6.45) is 0. The van der Waals surface area contributed by atoms with Crippen molar-refractivity contribution in [1.82, 2.24) is 19.8 Å². The molecule has 180 valence electrons. The molecule has 1 fully saturated rings. The summed E-state index contributed by atoms with van der Waals surface area (Å²) in [5.41, 5.74) is 0.915. The molecular formula is C24H35N5O3S. The monoisotopic (exact) mass is 473 g/mol. The van der Waals surface area contributed by atoms with E-state index in [9.17, 15) is 9.59 Å². The van der Waals surface area contributed by atoms with Crippen LogP contribution in [0.4, 0.5) is 5.82 Å². The number of nitrogens with zero attached hydrogens (tertiary/aromatic N) is 5. The third kappa shape index (κ3) is 6.28. The predicted molar refractivity (Wildman–Crippen MR) is 131 cm³/mol. The lowest BCUT2D eigenvalue weighted by Crippen LogP contribution is -2.50. The second-order valence-electron chi connectivity index (χ2n) is 9.17. The molecule has 2 aromatic rings. The summed E-state index contributed by atoms with van der Waals surface area (Å²) in [4.78, 5) is 39.6. The maximum Gasteiger partial charge on any atom is 0.289 e. The molecule has 0 saturated carbocycles. The Kier molecular flexibility index (Phi) is 8.05. The molecule has 0 bridgehead atoms. The molecule has 0 radical (unpaired) electrons. The Morgan fingerprint density at radius 1 is 1.06 bits per heavy atom. The number of rotatable bonds is 7. The first-order chi connectivity index (χ1) is 15.6. The average Bonchev–Trinajstić information content (AvgIpc) is 3.26. The smallest absolute Gasteiger partial charge is 0.289 e. The highest BCUT2D eigenvalue weighted by Crippen LogP contribution is 2.29. The van der Waals surface area contributed by atoms with Gasteiger partial charge in [0.15, 0.2) is 10.9 Å². The van der Waals surface area contributed by atoms with Gasteiger partial charge in [-0.05, 0) is 26.0 Å². The zero-order chi connectivity index (χ0) is 24.2. The van der Waals surface area contributed by atoms with E-state index in [1.165, 1.54) is 11.8 Å². The summed E-state index contributed by atoms with van der Waals surface area (Å²) in [5, 5.41) is 0.703. The molecule has 1 saturated heterocycles. The van der Waals surface area contributed by atoms with E-state index in [1.807, 2.05) is 6.07 Å². The fourth-order valence-electron chi connectivity index (χ4n) is 3.66. The van der Waals surface area contributed by atoms with Crippen molar-refractivity contribution in [3.8, 4) is 0 Å². The van der Waals surface area contributed by atoms with Crippen LogP contribution in [-0.4, -0.2) is 70.9 Å². The van der Waals surface area contributed by atoms with E-state index in [0.29, 0.717) is 48.6 Å². The van der Waals surface area contributed by atoms with Crippen molar-refractivity contribution < 1.29 is 14.0 Å². The molecule has 0 N–H and O–H groups in total. The molecule has 33 heavy (non-hydrogen) atoms. The van der Waals surface area contributed by atoms with Gasteiger partial charge < -0.3 is 19.1 Å². The van der Waals surface area contributed by atoms with Crippen molar-refractivity contribution in [3.63, 3.8) is 0 Å². The zero-order valence-corrected chi connectivity index (χ0v) is 21.4. The predicted octanol–water partition coefficient (Wildman–Crippen LogP) is 3.81. The van der Waals surface area contributed by atoms with E-state index < -0.39 is 0 Å². The summed E-state index contributed by atoms with van der Waals surface area (Å²) in [6.45, 7) is 16.2. The standard InChI is InChI=1S/C24H35N5O3S/c1-7-27(8-2)21-15-20(24(4,5)6)25-23(26-21)33-16-18-9-10-19(32-18)22(31)29-13-11-28(12-14-29)17(3)30/h9-10,15H,7-8,11-14,16H2,1-6H3. The minimum Gasteiger partial charge on any atom is -0.455 e. The fourth-order valence-corrected chi connectivity index (χ4v) is 4.41. The van der Waals surface area contributed by atoms with Gasteiger partial charge in [0, 0.05) is 57.7 Å². The Morgan fingerprint density at radius 2 is 1.70 bits per heavy atom. The molecule has 1 aliphatic heterocycles. The van der Waals surface area contributed by atoms with E-state index in [0.717, 1.165) is 24.6 Å². The van der Waals surface area contributed by atoms with Gasteiger partial charge in [-0.1, -0.05) is 32.5 Å². The van der Waals surface area contributed by atoms with Crippen LogP contribution in [-0.2, 0) is 16.0 Å². The van der Waals surface area contributed by atoms with Crippen molar-refractivity contribution in [3.05, 3.63) is 35.4 Å². The molecule has 0 aromatic carbocycles. The number of furan rings is 1. The molecular weight excluding hydrogens is 438 g/mol. The SMILES string of the molecule is CCN(CC)c1cc(C(C)(C)C)nc(SCc2ccc(C(=O)N3CCN(C(C)=O)CC3)o2)n1. The maximum absolute atomic E-state index is 12.8. The average molecular weight is 474 g/mol. The number of carbonyl (C=O) groups excluding carboxylic acids is 2. The largest absolute Gasteiger partial charge is 0.455 e. The van der Waals surface area contributed by atoms with Gasteiger partial charge in [-0.2, -0.15) is 0 Å². The van der Waals surface area contributed by atoms with Crippen LogP contribution < -0.4 is 4.90 Å². The van der Waals surface area contributed by atoms with Gasteiger partial charge in [-0.3, -0.25) is 9.59 Å². The third-order valence-electron chi connectivity index (χ3n) is 5.78. The Balaban J connectivity index is 1.68. The first-order valence-corrected chi connectivity index (χ1v) is 12.5. The maximum atomic E-state index is 12.8. The number of amides is 2. The van der Waals surface area contributed by atoms with Crippen molar-refractivity contribution in [2.24, 2.45) is 0 Å². The van der Waals surface area contributed by atoms with Crippen molar-refractivity contribution >= 4 is 29.4 Å². The highest BCUT2D eigenvalue weighted by Gasteiger charge is 2.25. The summed E-state index contributed by atoms with van der Waals surface area (Å²) < 4.78 is 5.85. The van der Waals surface area contributed by atoms with Gasteiger partial charge in [0.05, 0.1) is 11.4 Å². The molecule has 8 nitrogen and oxygen atoms in total. The highest BCUT2D eigenvalue weighted by molar-refractivity contribution is 7.98. The number of thioether (sulfide) groups is 1. The molecule has 3 rings (SSSR count). The summed E-state index contributed by atoms with van der Waals surface area (Å²) in [6, 6.07) is 5.64. The van der Waals surface area contributed by atoms with Crippen LogP contribution >= 0.6 is 11.8 Å². The van der Waals surface area contributed by atoms with Crippen LogP contribution in [0.15, 0.2) is 27.8 Å². The molecule has 3 heterocycles. The Bertz CT molecular complexity index is 973. The van der Waals surface area contributed by atoms with E-state index in [-0.39, 0.29) is 17.2 Å². The summed E-state index contributed by atoms with van der Waals surface area (Å²) in [5.74, 6) is 2.42. The Labute approximate surface area is 200 Å². The van der Waals surface area contributed by atoms with E-state index in [1.54, 1.807) is 22.8 Å². The van der Waals surface area contributed by atoms with E-state index in [4.69, 9.17) is 14.4 Å². The molecule has 0 unspecified atom stereocenters. The van der Waals surface area contributed by atoms with Gasteiger partial charge in [0.2, 0.25) is 5.91 Å². The van der Waals surface area contributed by atoms with Crippen molar-refractivity contribution in [1.29, 1.82) is 0 Å². The Hall–Kier alpha value is -2.55. The number of hydrogen-bond donors (Lipinski definition) is 0. The number of piperazine rings is 1. The molecule has 1 aliphatic rings. The number of carbonyl (C=O) groups is 2. The van der Waals surface area contributed by atoms with Gasteiger partial charge >= 0.3 is 0 Å². The van der Waals surface area contributed by atoms with Crippen molar-refractivity contribution in [2.75, 3.05) is 44.2 Å².